The van der Waals surface area contributed by atoms with Crippen LogP contribution < -0.4 is 9.80 Å². The molecule has 3 aromatic carbocycles. The molecule has 0 bridgehead atoms. The highest BCUT2D eigenvalue weighted by Crippen LogP contribution is 2.24. The summed E-state index contributed by atoms with van der Waals surface area (Å²) in [6.07, 6.45) is 7.63. The van der Waals surface area contributed by atoms with Gasteiger partial charge in [0.2, 0.25) is 0 Å². The van der Waals surface area contributed by atoms with Crippen LogP contribution in [0.1, 0.15) is 49.9 Å². The molecule has 0 saturated carbocycles. The fourth-order valence-electron chi connectivity index (χ4n) is 4.46. The molecular formula is C34H37N3O2. The third kappa shape index (κ3) is 7.72. The fourth-order valence-corrected chi connectivity index (χ4v) is 4.46. The van der Waals surface area contributed by atoms with Gasteiger partial charge < -0.3 is 14.9 Å². The topological polar surface area (TPSA) is 67.6 Å². The highest BCUT2D eigenvalue weighted by Gasteiger charge is 2.14. The van der Waals surface area contributed by atoms with E-state index in [0.29, 0.717) is 11.1 Å². The van der Waals surface area contributed by atoms with E-state index >= 15 is 0 Å². The Morgan fingerprint density at radius 1 is 0.692 bits per heavy atom. The quantitative estimate of drug-likeness (QED) is 0.115. The zero-order valence-electron chi connectivity index (χ0n) is 23.3. The molecule has 200 valence electrons. The third-order valence-corrected chi connectivity index (χ3v) is 6.77. The summed E-state index contributed by atoms with van der Waals surface area (Å²) in [4.78, 5) is 16.4. The maximum absolute atomic E-state index is 11.8. The Bertz CT molecular complexity index is 1350. The number of rotatable bonds is 12. The van der Waals surface area contributed by atoms with Gasteiger partial charge in [-0.1, -0.05) is 72.8 Å². The van der Waals surface area contributed by atoms with Gasteiger partial charge in [0.1, 0.15) is 11.6 Å². The van der Waals surface area contributed by atoms with Crippen LogP contribution >= 0.6 is 0 Å². The largest absolute Gasteiger partial charge is 0.477 e. The first-order chi connectivity index (χ1) is 18.9. The second-order valence-electron chi connectivity index (χ2n) is 9.02. The van der Waals surface area contributed by atoms with E-state index in [9.17, 15) is 15.2 Å². The van der Waals surface area contributed by atoms with Gasteiger partial charge in [0, 0.05) is 43.1 Å². The Morgan fingerprint density at radius 2 is 1.08 bits per heavy atom. The Kier molecular flexibility index (Phi) is 10.7. The van der Waals surface area contributed by atoms with Crippen molar-refractivity contribution < 1.29 is 9.90 Å². The number of carbonyl (C=O) groups is 1. The monoisotopic (exact) mass is 519 g/mol. The Balaban J connectivity index is 1.82. The number of anilines is 2. The number of nitrogens with zero attached hydrogens (tertiary/aromatic N) is 3. The van der Waals surface area contributed by atoms with E-state index < -0.39 is 5.97 Å². The number of hydrogen-bond acceptors (Lipinski definition) is 4. The van der Waals surface area contributed by atoms with Gasteiger partial charge in [-0.15, -0.1) is 0 Å². The lowest BCUT2D eigenvalue weighted by atomic mass is 9.97. The van der Waals surface area contributed by atoms with Crippen molar-refractivity contribution in [1.29, 1.82) is 5.26 Å². The molecule has 0 saturated heterocycles. The van der Waals surface area contributed by atoms with E-state index in [2.05, 4.69) is 80.0 Å². The average molecular weight is 520 g/mol. The number of benzene rings is 3. The molecule has 0 aliphatic heterocycles. The van der Waals surface area contributed by atoms with Crippen LogP contribution in [0.3, 0.4) is 0 Å². The van der Waals surface area contributed by atoms with Crippen molar-refractivity contribution in [2.24, 2.45) is 0 Å². The molecule has 3 aromatic rings. The van der Waals surface area contributed by atoms with Crippen molar-refractivity contribution in [3.8, 4) is 6.07 Å². The summed E-state index contributed by atoms with van der Waals surface area (Å²) in [6.45, 7) is 12.3. The minimum Gasteiger partial charge on any atom is -0.477 e. The summed E-state index contributed by atoms with van der Waals surface area (Å²) in [5.74, 6) is -1.24. The number of carboxylic acids is 1. The summed E-state index contributed by atoms with van der Waals surface area (Å²) in [6, 6.07) is 26.0. The predicted octanol–water partition coefficient (Wildman–Crippen LogP) is 7.62. The number of nitriles is 1. The molecule has 0 atom stereocenters. The molecule has 0 spiro atoms. The van der Waals surface area contributed by atoms with E-state index in [1.165, 1.54) is 5.69 Å². The molecule has 0 aliphatic rings. The van der Waals surface area contributed by atoms with Crippen molar-refractivity contribution in [3.05, 3.63) is 107 Å². The second-order valence-corrected chi connectivity index (χ2v) is 9.02. The number of carboxylic acid groups (broad SMARTS) is 1. The van der Waals surface area contributed by atoms with Crippen LogP contribution in [0.15, 0.2) is 84.4 Å². The molecule has 0 amide bonds. The maximum atomic E-state index is 11.8. The van der Waals surface area contributed by atoms with E-state index in [0.717, 1.165) is 48.6 Å². The molecule has 3 rings (SSSR count). The van der Waals surface area contributed by atoms with E-state index in [1.54, 1.807) is 6.08 Å². The molecule has 0 aliphatic carbocycles. The maximum Gasteiger partial charge on any atom is 0.347 e. The predicted molar refractivity (Wildman–Crippen MR) is 165 cm³/mol. The van der Waals surface area contributed by atoms with Crippen LogP contribution in [0.25, 0.3) is 23.8 Å². The molecular weight excluding hydrogens is 482 g/mol. The average Bonchev–Trinajstić information content (AvgIpc) is 2.97. The van der Waals surface area contributed by atoms with Crippen molar-refractivity contribution in [1.82, 2.24) is 0 Å². The molecule has 0 heterocycles. The number of hydrogen-bond donors (Lipinski definition) is 1. The van der Waals surface area contributed by atoms with Gasteiger partial charge in [-0.25, -0.2) is 4.79 Å². The summed E-state index contributed by atoms with van der Waals surface area (Å²) < 4.78 is 0. The van der Waals surface area contributed by atoms with Gasteiger partial charge in [0.05, 0.1) is 0 Å². The molecule has 0 aromatic heterocycles. The smallest absolute Gasteiger partial charge is 0.347 e. The third-order valence-electron chi connectivity index (χ3n) is 6.77. The van der Waals surface area contributed by atoms with E-state index in [1.807, 2.05) is 54.6 Å². The van der Waals surface area contributed by atoms with Crippen LogP contribution in [-0.4, -0.2) is 37.3 Å². The SMILES string of the molecule is CCN(CC)c1ccc(/C=C/C(=C(/C#N)C(=O)O)c2ccc(/C=C/c3ccc(N(CC)CC)cc3)cc2)cc1. The van der Waals surface area contributed by atoms with E-state index in [4.69, 9.17) is 0 Å². The Morgan fingerprint density at radius 3 is 1.44 bits per heavy atom. The second kappa shape index (κ2) is 14.4. The van der Waals surface area contributed by atoms with Gasteiger partial charge in [0.25, 0.3) is 0 Å². The van der Waals surface area contributed by atoms with Crippen LogP contribution in [0.5, 0.6) is 0 Å². The van der Waals surface area contributed by atoms with Gasteiger partial charge >= 0.3 is 5.97 Å². The van der Waals surface area contributed by atoms with Crippen LogP contribution in [0.2, 0.25) is 0 Å². The van der Waals surface area contributed by atoms with Gasteiger partial charge in [-0.2, -0.15) is 5.26 Å². The van der Waals surface area contributed by atoms with Crippen LogP contribution in [-0.2, 0) is 4.79 Å². The zero-order chi connectivity index (χ0) is 28.2. The fraction of sp³-hybridized carbons (Fsp3) is 0.235. The Hall–Kier alpha value is -4.56. The first-order valence-corrected chi connectivity index (χ1v) is 13.5. The minimum atomic E-state index is -1.24. The normalized spacial score (nSPS) is 11.9. The highest BCUT2D eigenvalue weighted by atomic mass is 16.4. The molecule has 5 heteroatoms. The van der Waals surface area contributed by atoms with Crippen molar-refractivity contribution in [2.75, 3.05) is 36.0 Å². The standard InChI is InChI=1S/C34H37N3O2/c1-5-36(6-2)30-20-13-27(14-21-30)10-9-26-11-18-29(19-12-26)32(33(25-35)34(38)39)24-17-28-15-22-31(23-16-28)37(7-3)8-4/h9-24H,5-8H2,1-4H3,(H,38,39)/b10-9+,24-17+,33-32+. The highest BCUT2D eigenvalue weighted by molar-refractivity contribution is 6.03. The van der Waals surface area contributed by atoms with E-state index in [-0.39, 0.29) is 5.57 Å². The van der Waals surface area contributed by atoms with Crippen LogP contribution in [0.4, 0.5) is 11.4 Å². The van der Waals surface area contributed by atoms with Crippen molar-refractivity contribution in [2.45, 2.75) is 27.7 Å². The first-order valence-electron chi connectivity index (χ1n) is 13.5. The van der Waals surface area contributed by atoms with Crippen molar-refractivity contribution in [3.63, 3.8) is 0 Å². The number of allylic oxidation sites excluding steroid dienone is 2. The molecule has 0 radical (unpaired) electrons. The lowest BCUT2D eigenvalue weighted by molar-refractivity contribution is -0.132. The first kappa shape index (κ1) is 29.0. The van der Waals surface area contributed by atoms with Crippen molar-refractivity contribution >= 4 is 41.1 Å². The molecule has 0 fully saturated rings. The minimum absolute atomic E-state index is 0.289. The summed E-state index contributed by atoms with van der Waals surface area (Å²) in [7, 11) is 0. The van der Waals surface area contributed by atoms with Crippen LogP contribution in [0, 0.1) is 11.3 Å². The molecule has 0 unspecified atom stereocenters. The van der Waals surface area contributed by atoms with Gasteiger partial charge in [-0.3, -0.25) is 0 Å². The van der Waals surface area contributed by atoms with Gasteiger partial charge in [0.15, 0.2) is 0 Å². The number of aliphatic carboxylic acids is 1. The lowest BCUT2D eigenvalue weighted by Gasteiger charge is -2.20. The van der Waals surface area contributed by atoms with Gasteiger partial charge in [-0.05, 0) is 74.2 Å². The Labute approximate surface area is 232 Å². The zero-order valence-corrected chi connectivity index (χ0v) is 23.3. The molecule has 5 nitrogen and oxygen atoms in total. The molecule has 39 heavy (non-hydrogen) atoms. The summed E-state index contributed by atoms with van der Waals surface area (Å²) >= 11 is 0. The summed E-state index contributed by atoms with van der Waals surface area (Å²) in [5.41, 5.74) is 6.12. The lowest BCUT2D eigenvalue weighted by Crippen LogP contribution is -2.21. The molecule has 1 N–H and O–H groups in total. The summed E-state index contributed by atoms with van der Waals surface area (Å²) in [5, 5.41) is 19.3.